The van der Waals surface area contributed by atoms with Crippen molar-refractivity contribution in [2.75, 3.05) is 5.32 Å². The Morgan fingerprint density at radius 2 is 1.62 bits per heavy atom. The second-order valence-electron chi connectivity index (χ2n) is 4.29. The van der Waals surface area contributed by atoms with E-state index in [0.717, 1.165) is 0 Å². The van der Waals surface area contributed by atoms with Gasteiger partial charge in [-0.1, -0.05) is 30.3 Å². The highest BCUT2D eigenvalue weighted by Gasteiger charge is 2.21. The zero-order valence-corrected chi connectivity index (χ0v) is 11.0. The van der Waals surface area contributed by atoms with Gasteiger partial charge in [0.1, 0.15) is 0 Å². The summed E-state index contributed by atoms with van der Waals surface area (Å²) in [6, 6.07) is 14.3. The van der Waals surface area contributed by atoms with Crippen LogP contribution in [0.1, 0.15) is 16.8 Å². The van der Waals surface area contributed by atoms with Crippen molar-refractivity contribution in [2.45, 2.75) is 6.42 Å². The summed E-state index contributed by atoms with van der Waals surface area (Å²) in [7, 11) is 0. The van der Waals surface area contributed by atoms with Gasteiger partial charge in [-0.05, 0) is 18.2 Å². The van der Waals surface area contributed by atoms with E-state index in [1.165, 1.54) is 24.3 Å². The van der Waals surface area contributed by atoms with Crippen LogP contribution in [-0.2, 0) is 4.79 Å². The van der Waals surface area contributed by atoms with Crippen molar-refractivity contribution >= 4 is 23.1 Å². The Balaban J connectivity index is 2.08. The van der Waals surface area contributed by atoms with E-state index in [2.05, 4.69) is 5.32 Å². The predicted molar refractivity (Wildman–Crippen MR) is 77.1 cm³/mol. The Morgan fingerprint density at radius 3 is 2.29 bits per heavy atom. The Kier molecular flexibility index (Phi) is 4.40. The van der Waals surface area contributed by atoms with E-state index in [0.29, 0.717) is 5.69 Å². The van der Waals surface area contributed by atoms with Crippen LogP contribution in [0.2, 0.25) is 0 Å². The zero-order valence-electron chi connectivity index (χ0n) is 11.0. The molecule has 21 heavy (non-hydrogen) atoms. The molecule has 106 valence electrons. The normalized spacial score (nSPS) is 9.90. The molecule has 6 heteroatoms. The number of carbonyl (C=O) groups is 2. The highest BCUT2D eigenvalue weighted by molar-refractivity contribution is 6.12. The van der Waals surface area contributed by atoms with Crippen LogP contribution in [0.15, 0.2) is 54.6 Å². The van der Waals surface area contributed by atoms with Gasteiger partial charge in [0.2, 0.25) is 5.91 Å². The van der Waals surface area contributed by atoms with Gasteiger partial charge in [0.25, 0.3) is 5.69 Å². The molecule has 0 fully saturated rings. The molecule has 0 aliphatic carbocycles. The summed E-state index contributed by atoms with van der Waals surface area (Å²) < 4.78 is 0. The van der Waals surface area contributed by atoms with Crippen molar-refractivity contribution < 1.29 is 14.5 Å². The molecule has 0 bridgehead atoms. The highest BCUT2D eigenvalue weighted by atomic mass is 16.6. The smallest absolute Gasteiger partial charge is 0.280 e. The summed E-state index contributed by atoms with van der Waals surface area (Å²) in [6.07, 6.45) is -0.445. The zero-order chi connectivity index (χ0) is 15.2. The van der Waals surface area contributed by atoms with Gasteiger partial charge >= 0.3 is 0 Å². The molecule has 2 aromatic carbocycles. The highest BCUT2D eigenvalue weighted by Crippen LogP contribution is 2.19. The first-order valence-electron chi connectivity index (χ1n) is 6.19. The second kappa shape index (κ2) is 6.42. The third-order valence-electron chi connectivity index (χ3n) is 2.78. The van der Waals surface area contributed by atoms with Crippen LogP contribution in [0.4, 0.5) is 11.4 Å². The summed E-state index contributed by atoms with van der Waals surface area (Å²) in [4.78, 5) is 34.0. The molecule has 0 spiro atoms. The van der Waals surface area contributed by atoms with E-state index in [1.54, 1.807) is 30.3 Å². The summed E-state index contributed by atoms with van der Waals surface area (Å²) in [5, 5.41) is 13.4. The Labute approximate surface area is 120 Å². The number of ketones is 1. The first-order valence-corrected chi connectivity index (χ1v) is 6.19. The number of nitrogens with one attached hydrogen (secondary N) is 1. The molecule has 6 nitrogen and oxygen atoms in total. The largest absolute Gasteiger partial charge is 0.326 e. The fraction of sp³-hybridized carbons (Fsp3) is 0.0667. The van der Waals surface area contributed by atoms with E-state index in [9.17, 15) is 19.7 Å². The lowest BCUT2D eigenvalue weighted by Crippen LogP contribution is -2.17. The Morgan fingerprint density at radius 1 is 1.00 bits per heavy atom. The van der Waals surface area contributed by atoms with Crippen LogP contribution in [0.25, 0.3) is 0 Å². The minimum Gasteiger partial charge on any atom is -0.326 e. The van der Waals surface area contributed by atoms with Crippen LogP contribution in [0.3, 0.4) is 0 Å². The van der Waals surface area contributed by atoms with Crippen molar-refractivity contribution in [3.05, 3.63) is 70.3 Å². The number of nitro benzene ring substituents is 1. The topological polar surface area (TPSA) is 89.3 Å². The number of rotatable bonds is 5. The lowest BCUT2D eigenvalue weighted by molar-refractivity contribution is -0.385. The van der Waals surface area contributed by atoms with Crippen LogP contribution in [-0.4, -0.2) is 16.6 Å². The molecule has 0 aliphatic rings. The minimum atomic E-state index is -0.637. The molecular weight excluding hydrogens is 272 g/mol. The maximum absolute atomic E-state index is 12.0. The van der Waals surface area contributed by atoms with Crippen molar-refractivity contribution in [1.29, 1.82) is 0 Å². The van der Waals surface area contributed by atoms with E-state index in [1.807, 2.05) is 0 Å². The van der Waals surface area contributed by atoms with Gasteiger partial charge in [0.15, 0.2) is 5.78 Å². The second-order valence-corrected chi connectivity index (χ2v) is 4.29. The van der Waals surface area contributed by atoms with Crippen LogP contribution in [0.5, 0.6) is 0 Å². The molecule has 0 radical (unpaired) electrons. The van der Waals surface area contributed by atoms with Gasteiger partial charge in [0, 0.05) is 11.8 Å². The Bertz CT molecular complexity index is 683. The molecule has 0 saturated heterocycles. The summed E-state index contributed by atoms with van der Waals surface area (Å²) in [5.41, 5.74) is 0.207. The van der Waals surface area contributed by atoms with E-state index in [4.69, 9.17) is 0 Å². The summed E-state index contributed by atoms with van der Waals surface area (Å²) in [6.45, 7) is 0. The van der Waals surface area contributed by atoms with E-state index >= 15 is 0 Å². The average Bonchev–Trinajstić information content (AvgIpc) is 2.48. The Hall–Kier alpha value is -3.02. The lowest BCUT2D eigenvalue weighted by atomic mass is 10.1. The predicted octanol–water partition coefficient (Wildman–Crippen LogP) is 2.81. The maximum atomic E-state index is 12.0. The monoisotopic (exact) mass is 284 g/mol. The quantitative estimate of drug-likeness (QED) is 0.395. The summed E-state index contributed by atoms with van der Waals surface area (Å²) >= 11 is 0. The van der Waals surface area contributed by atoms with E-state index in [-0.39, 0.29) is 11.3 Å². The van der Waals surface area contributed by atoms with Gasteiger partial charge in [-0.15, -0.1) is 0 Å². The first-order chi connectivity index (χ1) is 10.1. The number of nitro groups is 1. The fourth-order valence-corrected chi connectivity index (χ4v) is 1.84. The molecule has 0 atom stereocenters. The van der Waals surface area contributed by atoms with E-state index < -0.39 is 23.0 Å². The number of hydrogen-bond donors (Lipinski definition) is 1. The molecule has 2 aromatic rings. The van der Waals surface area contributed by atoms with Gasteiger partial charge in [-0.25, -0.2) is 0 Å². The third kappa shape index (κ3) is 3.73. The molecule has 2 rings (SSSR count). The molecule has 0 heterocycles. The van der Waals surface area contributed by atoms with Crippen molar-refractivity contribution in [3.8, 4) is 0 Å². The van der Waals surface area contributed by atoms with Crippen molar-refractivity contribution in [3.63, 3.8) is 0 Å². The van der Waals surface area contributed by atoms with Crippen molar-refractivity contribution in [1.82, 2.24) is 0 Å². The fourth-order valence-electron chi connectivity index (χ4n) is 1.84. The number of carbonyl (C=O) groups excluding carboxylic acids is 2. The number of hydrogen-bond acceptors (Lipinski definition) is 4. The third-order valence-corrected chi connectivity index (χ3v) is 2.78. The van der Waals surface area contributed by atoms with Gasteiger partial charge < -0.3 is 5.32 Å². The number of Topliss-reactive ketones (excluding diaryl/α,β-unsaturated/α-hetero) is 1. The number of para-hydroxylation sites is 2. The van der Waals surface area contributed by atoms with Crippen LogP contribution < -0.4 is 5.32 Å². The van der Waals surface area contributed by atoms with Crippen LogP contribution in [0, 0.1) is 10.1 Å². The molecule has 0 saturated carbocycles. The molecule has 0 aliphatic heterocycles. The molecule has 1 N–H and O–H groups in total. The number of anilines is 1. The lowest BCUT2D eigenvalue weighted by Gasteiger charge is -2.05. The molecule has 1 amide bonds. The number of benzene rings is 2. The molecular formula is C15H12N2O4. The average molecular weight is 284 g/mol. The SMILES string of the molecule is O=C(CC(=O)c1ccccc1[N+](=O)[O-])Nc1ccccc1. The van der Waals surface area contributed by atoms with Gasteiger partial charge in [-0.3, -0.25) is 19.7 Å². The van der Waals surface area contributed by atoms with Gasteiger partial charge in [-0.2, -0.15) is 0 Å². The maximum Gasteiger partial charge on any atom is 0.280 e. The summed E-state index contributed by atoms with van der Waals surface area (Å²) in [5.74, 6) is -1.10. The molecule has 0 aromatic heterocycles. The number of nitrogens with zero attached hydrogens (tertiary/aromatic N) is 1. The number of amides is 1. The minimum absolute atomic E-state index is 0.0642. The molecule has 0 unspecified atom stereocenters. The van der Waals surface area contributed by atoms with Gasteiger partial charge in [0.05, 0.1) is 16.9 Å². The standard InChI is InChI=1S/C15H12N2O4/c18-14(12-8-4-5-9-13(12)17(20)21)10-15(19)16-11-6-2-1-3-7-11/h1-9H,10H2,(H,16,19). The van der Waals surface area contributed by atoms with Crippen molar-refractivity contribution in [2.24, 2.45) is 0 Å². The first kappa shape index (κ1) is 14.4. The van der Waals surface area contributed by atoms with Crippen LogP contribution >= 0.6 is 0 Å².